The van der Waals surface area contributed by atoms with Gasteiger partial charge in [-0.05, 0) is 0 Å². The first kappa shape index (κ1) is 11.4. The molecule has 2 saturated heterocycles. The summed E-state index contributed by atoms with van der Waals surface area (Å²) in [7, 11) is 4.38. The first-order chi connectivity index (χ1) is 7.27. The molecular weight excluding hydrogens is 195 g/mol. The highest BCUT2D eigenvalue weighted by atomic mass is 16.6. The molecule has 4 unspecified atom stereocenters. The molecule has 0 N–H and O–H groups in total. The van der Waals surface area contributed by atoms with Gasteiger partial charge in [0, 0.05) is 20.6 Å². The summed E-state index contributed by atoms with van der Waals surface area (Å²) in [6.45, 7) is 3.44. The Morgan fingerprint density at radius 2 is 2.27 bits per heavy atom. The molecular formula is C10H19BO4. The molecule has 2 rings (SSSR count). The average Bonchev–Trinajstić information content (AvgIpc) is 2.41. The van der Waals surface area contributed by atoms with Gasteiger partial charge in [-0.1, -0.05) is 6.82 Å². The summed E-state index contributed by atoms with van der Waals surface area (Å²) in [5.41, 5.74) is -0.285. The lowest BCUT2D eigenvalue weighted by Gasteiger charge is -2.37. The van der Waals surface area contributed by atoms with Gasteiger partial charge in [-0.3, -0.25) is 0 Å². The first-order valence-corrected chi connectivity index (χ1v) is 5.58. The monoisotopic (exact) mass is 214 g/mol. The Hall–Kier alpha value is -0.0951. The van der Waals surface area contributed by atoms with Crippen LogP contribution in [-0.4, -0.2) is 58.5 Å². The summed E-state index contributed by atoms with van der Waals surface area (Å²) in [5.74, 6) is 0. The lowest BCUT2D eigenvalue weighted by molar-refractivity contribution is -0.155. The van der Waals surface area contributed by atoms with Crippen LogP contribution >= 0.6 is 0 Å². The second-order valence-electron chi connectivity index (χ2n) is 4.30. The molecule has 0 saturated carbocycles. The Morgan fingerprint density at radius 1 is 1.47 bits per heavy atom. The molecule has 2 fully saturated rings. The van der Waals surface area contributed by atoms with E-state index in [1.54, 1.807) is 14.2 Å². The number of fused-ring (bicyclic) bond motifs is 2. The van der Waals surface area contributed by atoms with E-state index in [-0.39, 0.29) is 23.8 Å². The predicted octanol–water partition coefficient (Wildman–Crippen LogP) is 0.0164. The Kier molecular flexibility index (Phi) is 3.35. The van der Waals surface area contributed by atoms with E-state index in [9.17, 15) is 0 Å². The molecule has 2 aliphatic rings. The normalized spacial score (nSPS) is 44.3. The molecule has 0 aromatic carbocycles. The van der Waals surface area contributed by atoms with Crippen molar-refractivity contribution in [1.29, 1.82) is 0 Å². The van der Waals surface area contributed by atoms with Gasteiger partial charge in [-0.2, -0.15) is 0 Å². The Bertz CT molecular complexity index is 221. The molecule has 4 nitrogen and oxygen atoms in total. The van der Waals surface area contributed by atoms with Crippen molar-refractivity contribution in [2.45, 2.75) is 37.1 Å². The fourth-order valence-corrected chi connectivity index (χ4v) is 2.79. The maximum atomic E-state index is 6.09. The van der Waals surface area contributed by atoms with Gasteiger partial charge in [0.25, 0.3) is 0 Å². The van der Waals surface area contributed by atoms with Crippen molar-refractivity contribution in [3.8, 4) is 0 Å². The summed E-state index contributed by atoms with van der Waals surface area (Å²) in [5, 5.41) is 0. The Balaban J connectivity index is 2.20. The lowest BCUT2D eigenvalue weighted by Crippen LogP contribution is -2.52. The van der Waals surface area contributed by atoms with Gasteiger partial charge in [-0.15, -0.1) is 0 Å². The molecule has 4 atom stereocenters. The molecule has 0 amide bonds. The third-order valence-electron chi connectivity index (χ3n) is 3.45. The number of hydrogen-bond donors (Lipinski definition) is 0. The molecule has 2 aliphatic heterocycles. The Labute approximate surface area is 91.5 Å². The van der Waals surface area contributed by atoms with Crippen molar-refractivity contribution in [2.24, 2.45) is 0 Å². The van der Waals surface area contributed by atoms with E-state index < -0.39 is 0 Å². The van der Waals surface area contributed by atoms with Gasteiger partial charge in [0.05, 0.1) is 19.2 Å². The van der Waals surface area contributed by atoms with Gasteiger partial charge in [-0.25, -0.2) is 0 Å². The summed E-state index contributed by atoms with van der Waals surface area (Å²) in [6, 6.07) is 0.146. The maximum Gasteiger partial charge on any atom is 0.158 e. The zero-order valence-corrected chi connectivity index (χ0v) is 9.69. The van der Waals surface area contributed by atoms with Crippen LogP contribution in [0.3, 0.4) is 0 Å². The minimum atomic E-state index is -0.285. The van der Waals surface area contributed by atoms with Crippen LogP contribution in [0.2, 0.25) is 6.82 Å². The lowest BCUT2D eigenvalue weighted by atomic mass is 9.71. The van der Waals surface area contributed by atoms with Crippen LogP contribution < -0.4 is 0 Å². The van der Waals surface area contributed by atoms with Crippen molar-refractivity contribution >= 4 is 7.28 Å². The molecule has 0 radical (unpaired) electrons. The van der Waals surface area contributed by atoms with Crippen LogP contribution in [-0.2, 0) is 18.9 Å². The quantitative estimate of drug-likeness (QED) is 0.618. The third kappa shape index (κ3) is 1.71. The molecule has 0 aliphatic carbocycles. The van der Waals surface area contributed by atoms with E-state index in [4.69, 9.17) is 18.9 Å². The molecule has 0 spiro atoms. The Morgan fingerprint density at radius 3 is 2.87 bits per heavy atom. The minimum Gasteiger partial charge on any atom is -0.382 e. The van der Waals surface area contributed by atoms with Crippen molar-refractivity contribution in [2.75, 3.05) is 27.4 Å². The van der Waals surface area contributed by atoms with Gasteiger partial charge in [0.1, 0.15) is 17.8 Å². The van der Waals surface area contributed by atoms with Crippen LogP contribution in [0.5, 0.6) is 0 Å². The van der Waals surface area contributed by atoms with Crippen molar-refractivity contribution in [1.82, 2.24) is 0 Å². The molecule has 5 heteroatoms. The number of ether oxygens (including phenoxy) is 4. The van der Waals surface area contributed by atoms with Crippen molar-refractivity contribution in [3.05, 3.63) is 0 Å². The van der Waals surface area contributed by atoms with Crippen molar-refractivity contribution in [3.63, 3.8) is 0 Å². The van der Waals surface area contributed by atoms with Crippen LogP contribution in [0, 0.1) is 0 Å². The van der Waals surface area contributed by atoms with Gasteiger partial charge in [0.2, 0.25) is 0 Å². The summed E-state index contributed by atoms with van der Waals surface area (Å²) >= 11 is 0. The van der Waals surface area contributed by atoms with E-state index in [0.29, 0.717) is 6.61 Å². The summed E-state index contributed by atoms with van der Waals surface area (Å²) in [6.07, 6.45) is 0.937. The van der Waals surface area contributed by atoms with Gasteiger partial charge >= 0.3 is 0 Å². The molecule has 0 aromatic heterocycles. The second-order valence-corrected chi connectivity index (χ2v) is 4.30. The minimum absolute atomic E-state index is 0.0103. The van der Waals surface area contributed by atoms with E-state index in [1.807, 2.05) is 0 Å². The summed E-state index contributed by atoms with van der Waals surface area (Å²) < 4.78 is 22.6. The van der Waals surface area contributed by atoms with Crippen LogP contribution in [0.15, 0.2) is 0 Å². The fourth-order valence-electron chi connectivity index (χ4n) is 2.79. The molecule has 2 heterocycles. The summed E-state index contributed by atoms with van der Waals surface area (Å²) in [4.78, 5) is 0. The topological polar surface area (TPSA) is 36.9 Å². The highest BCUT2D eigenvalue weighted by molar-refractivity contribution is 6.35. The predicted molar refractivity (Wildman–Crippen MR) is 57.6 cm³/mol. The van der Waals surface area contributed by atoms with Crippen LogP contribution in [0.1, 0.15) is 6.42 Å². The third-order valence-corrected chi connectivity index (χ3v) is 3.45. The molecule has 0 aromatic rings. The zero-order valence-electron chi connectivity index (χ0n) is 9.69. The number of methoxy groups -OCH3 is 2. The largest absolute Gasteiger partial charge is 0.382 e. The average molecular weight is 214 g/mol. The zero-order chi connectivity index (χ0) is 10.9. The van der Waals surface area contributed by atoms with E-state index in [0.717, 1.165) is 20.3 Å². The van der Waals surface area contributed by atoms with Crippen molar-refractivity contribution < 1.29 is 18.9 Å². The van der Waals surface area contributed by atoms with E-state index in [1.165, 1.54) is 0 Å². The molecule has 86 valence electrons. The van der Waals surface area contributed by atoms with Crippen LogP contribution in [0.25, 0.3) is 0 Å². The SMILES string of the molecule is CBC1OC2(COC)CCOC1C2OC. The highest BCUT2D eigenvalue weighted by Gasteiger charge is 2.57. The highest BCUT2D eigenvalue weighted by Crippen LogP contribution is 2.41. The van der Waals surface area contributed by atoms with E-state index in [2.05, 4.69) is 6.82 Å². The van der Waals surface area contributed by atoms with E-state index >= 15 is 0 Å². The number of hydrogen-bond acceptors (Lipinski definition) is 4. The second kappa shape index (κ2) is 4.41. The fraction of sp³-hybridized carbons (Fsp3) is 1.00. The van der Waals surface area contributed by atoms with Crippen LogP contribution in [0.4, 0.5) is 0 Å². The number of rotatable bonds is 4. The molecule has 2 bridgehead atoms. The molecule has 15 heavy (non-hydrogen) atoms. The smallest absolute Gasteiger partial charge is 0.158 e. The standard InChI is InChI=1S/C10H19BO4/c1-11-9-7-8(13-3)10(15-9,6-12-2)4-5-14-7/h7-9,11H,4-6H2,1-3H3. The van der Waals surface area contributed by atoms with Gasteiger partial charge < -0.3 is 18.9 Å². The van der Waals surface area contributed by atoms with Gasteiger partial charge in [0.15, 0.2) is 7.28 Å². The first-order valence-electron chi connectivity index (χ1n) is 5.58. The maximum absolute atomic E-state index is 6.09.